The van der Waals surface area contributed by atoms with E-state index >= 15 is 0 Å². The highest BCUT2D eigenvalue weighted by Gasteiger charge is 2.30. The third-order valence-electron chi connectivity index (χ3n) is 6.62. The zero-order chi connectivity index (χ0) is 23.3. The van der Waals surface area contributed by atoms with Crippen LogP contribution in [0.5, 0.6) is 0 Å². The molecule has 0 amide bonds. The minimum atomic E-state index is 1.18. The van der Waals surface area contributed by atoms with Crippen molar-refractivity contribution in [2.45, 2.75) is 55.4 Å². The SMILES string of the molecule is CC1=CC(=C2N(c3c(C)cc(C)cc3C)C=CN2c2c(C)cc(C)cc2C)C=C(C)N1C. The van der Waals surface area contributed by atoms with E-state index in [0.29, 0.717) is 0 Å². The Kier molecular flexibility index (Phi) is 5.54. The van der Waals surface area contributed by atoms with Crippen LogP contribution >= 0.6 is 0 Å². The lowest BCUT2D eigenvalue weighted by Crippen LogP contribution is -2.27. The fraction of sp³-hybridized carbons (Fsp3) is 0.310. The van der Waals surface area contributed by atoms with Gasteiger partial charge in [0.1, 0.15) is 5.82 Å². The molecule has 0 aliphatic carbocycles. The van der Waals surface area contributed by atoms with Gasteiger partial charge in [-0.1, -0.05) is 35.4 Å². The first-order valence-electron chi connectivity index (χ1n) is 11.4. The first-order valence-corrected chi connectivity index (χ1v) is 11.4. The number of allylic oxidation sites excluding steroid dienone is 5. The van der Waals surface area contributed by atoms with Gasteiger partial charge in [0.05, 0.1) is 11.4 Å². The summed E-state index contributed by atoms with van der Waals surface area (Å²) in [5.74, 6) is 1.18. The van der Waals surface area contributed by atoms with Crippen molar-refractivity contribution in [2.75, 3.05) is 16.8 Å². The van der Waals surface area contributed by atoms with Gasteiger partial charge in [0.15, 0.2) is 0 Å². The molecular formula is C29H35N3. The van der Waals surface area contributed by atoms with Gasteiger partial charge in [-0.2, -0.15) is 0 Å². The highest BCUT2D eigenvalue weighted by atomic mass is 15.4. The molecule has 0 radical (unpaired) electrons. The van der Waals surface area contributed by atoms with E-state index in [1.807, 2.05) is 0 Å². The van der Waals surface area contributed by atoms with Gasteiger partial charge in [0.25, 0.3) is 0 Å². The van der Waals surface area contributed by atoms with E-state index in [-0.39, 0.29) is 0 Å². The molecule has 0 saturated heterocycles. The molecule has 4 rings (SSSR count). The average molecular weight is 426 g/mol. The van der Waals surface area contributed by atoms with Crippen molar-refractivity contribution in [3.63, 3.8) is 0 Å². The average Bonchev–Trinajstić information content (AvgIpc) is 3.08. The number of nitrogens with zero attached hydrogens (tertiary/aromatic N) is 3. The molecule has 0 unspecified atom stereocenters. The number of hydrogen-bond acceptors (Lipinski definition) is 3. The minimum Gasteiger partial charge on any atom is -0.352 e. The maximum absolute atomic E-state index is 2.37. The Morgan fingerprint density at radius 3 is 1.22 bits per heavy atom. The Morgan fingerprint density at radius 2 is 0.875 bits per heavy atom. The van der Waals surface area contributed by atoms with Crippen LogP contribution in [-0.4, -0.2) is 11.9 Å². The lowest BCUT2D eigenvalue weighted by Gasteiger charge is -2.33. The molecule has 0 atom stereocenters. The molecule has 0 N–H and O–H groups in total. The van der Waals surface area contributed by atoms with Gasteiger partial charge in [-0.05, 0) is 89.8 Å². The predicted octanol–water partition coefficient (Wildman–Crippen LogP) is 7.30. The zero-order valence-electron chi connectivity index (χ0n) is 21.0. The molecule has 2 aliphatic heterocycles. The number of benzene rings is 2. The molecule has 2 aliphatic rings. The van der Waals surface area contributed by atoms with Gasteiger partial charge in [-0.3, -0.25) is 0 Å². The van der Waals surface area contributed by atoms with Gasteiger partial charge in [-0.25, -0.2) is 0 Å². The van der Waals surface area contributed by atoms with E-state index in [4.69, 9.17) is 0 Å². The van der Waals surface area contributed by atoms with Crippen LogP contribution in [-0.2, 0) is 0 Å². The Morgan fingerprint density at radius 1 is 0.531 bits per heavy atom. The van der Waals surface area contributed by atoms with E-state index in [1.54, 1.807) is 0 Å². The maximum atomic E-state index is 2.37. The summed E-state index contributed by atoms with van der Waals surface area (Å²) >= 11 is 0. The lowest BCUT2D eigenvalue weighted by atomic mass is 10.0. The number of rotatable bonds is 2. The Bertz CT molecular complexity index is 1090. The molecule has 0 fully saturated rings. The highest BCUT2D eigenvalue weighted by molar-refractivity contribution is 5.78. The molecule has 0 aromatic heterocycles. The summed E-state index contributed by atoms with van der Waals surface area (Å²) in [6.07, 6.45) is 9.03. The van der Waals surface area contributed by atoms with E-state index < -0.39 is 0 Å². The van der Waals surface area contributed by atoms with Crippen LogP contribution < -0.4 is 9.80 Å². The Balaban J connectivity index is 1.99. The molecule has 0 bridgehead atoms. The fourth-order valence-corrected chi connectivity index (χ4v) is 5.23. The van der Waals surface area contributed by atoms with Crippen LogP contribution in [0.4, 0.5) is 11.4 Å². The second-order valence-electron chi connectivity index (χ2n) is 9.44. The molecule has 2 aromatic carbocycles. The van der Waals surface area contributed by atoms with Crippen molar-refractivity contribution in [1.82, 2.24) is 4.90 Å². The van der Waals surface area contributed by atoms with Crippen LogP contribution in [0.1, 0.15) is 47.2 Å². The summed E-state index contributed by atoms with van der Waals surface area (Å²) in [5, 5.41) is 0. The Hall–Kier alpha value is -3.20. The molecule has 2 aromatic rings. The van der Waals surface area contributed by atoms with Crippen molar-refractivity contribution in [2.24, 2.45) is 0 Å². The largest absolute Gasteiger partial charge is 0.352 e. The highest BCUT2D eigenvalue weighted by Crippen LogP contribution is 2.41. The molecule has 3 heteroatoms. The summed E-state index contributed by atoms with van der Waals surface area (Å²) in [6, 6.07) is 9.11. The molecule has 3 nitrogen and oxygen atoms in total. The maximum Gasteiger partial charge on any atom is 0.129 e. The van der Waals surface area contributed by atoms with Gasteiger partial charge in [0.2, 0.25) is 0 Å². The molecule has 32 heavy (non-hydrogen) atoms. The minimum absolute atomic E-state index is 1.18. The van der Waals surface area contributed by atoms with E-state index in [1.165, 1.54) is 67.5 Å². The second kappa shape index (κ2) is 8.05. The summed E-state index contributed by atoms with van der Waals surface area (Å²) in [6.45, 7) is 17.6. The standard InChI is InChI=1S/C29H35N3/c1-18-12-20(3)27(21(4)13-18)31-10-11-32(28-22(5)14-19(2)15-23(28)6)29(31)26-16-24(7)30(9)25(8)17-26/h10-17H,1-9H3. The van der Waals surface area contributed by atoms with E-state index in [0.717, 1.165) is 0 Å². The molecule has 0 spiro atoms. The zero-order valence-corrected chi connectivity index (χ0v) is 21.0. The van der Waals surface area contributed by atoms with Crippen molar-refractivity contribution in [1.29, 1.82) is 0 Å². The third kappa shape index (κ3) is 3.66. The van der Waals surface area contributed by atoms with Crippen LogP contribution in [0, 0.1) is 41.5 Å². The van der Waals surface area contributed by atoms with Gasteiger partial charge >= 0.3 is 0 Å². The Labute approximate surface area is 193 Å². The monoisotopic (exact) mass is 425 g/mol. The number of anilines is 2. The van der Waals surface area contributed by atoms with Gasteiger partial charge < -0.3 is 14.7 Å². The molecule has 0 saturated carbocycles. The first-order chi connectivity index (χ1) is 15.1. The van der Waals surface area contributed by atoms with Crippen LogP contribution in [0.25, 0.3) is 0 Å². The van der Waals surface area contributed by atoms with Crippen molar-refractivity contribution in [3.05, 3.63) is 105 Å². The summed E-state index contributed by atoms with van der Waals surface area (Å²) in [5.41, 5.74) is 14.0. The predicted molar refractivity (Wildman–Crippen MR) is 138 cm³/mol. The second-order valence-corrected chi connectivity index (χ2v) is 9.44. The van der Waals surface area contributed by atoms with Crippen LogP contribution in [0.2, 0.25) is 0 Å². The van der Waals surface area contributed by atoms with Crippen LogP contribution in [0.3, 0.4) is 0 Å². The third-order valence-corrected chi connectivity index (χ3v) is 6.62. The molecule has 2 heterocycles. The van der Waals surface area contributed by atoms with E-state index in [2.05, 4.69) is 126 Å². The molecule has 166 valence electrons. The van der Waals surface area contributed by atoms with Crippen molar-refractivity contribution >= 4 is 11.4 Å². The van der Waals surface area contributed by atoms with Gasteiger partial charge in [0, 0.05) is 36.4 Å². The first kappa shape index (κ1) is 22.0. The lowest BCUT2D eigenvalue weighted by molar-refractivity contribution is 0.515. The normalized spacial score (nSPS) is 16.2. The topological polar surface area (TPSA) is 9.72 Å². The number of hydrogen-bond donors (Lipinski definition) is 0. The summed E-state index contributed by atoms with van der Waals surface area (Å²) in [7, 11) is 2.13. The summed E-state index contributed by atoms with van der Waals surface area (Å²) in [4.78, 5) is 6.99. The number of aryl methyl sites for hydroxylation is 6. The molecular weight excluding hydrogens is 390 g/mol. The quantitative estimate of drug-likeness (QED) is 0.500. The smallest absolute Gasteiger partial charge is 0.129 e. The van der Waals surface area contributed by atoms with Gasteiger partial charge in [-0.15, -0.1) is 0 Å². The fourth-order valence-electron chi connectivity index (χ4n) is 5.23. The van der Waals surface area contributed by atoms with Crippen molar-refractivity contribution in [3.8, 4) is 0 Å². The van der Waals surface area contributed by atoms with Crippen LogP contribution in [0.15, 0.2) is 71.6 Å². The van der Waals surface area contributed by atoms with E-state index in [9.17, 15) is 0 Å². The van der Waals surface area contributed by atoms with Crippen molar-refractivity contribution < 1.29 is 0 Å². The summed E-state index contributed by atoms with van der Waals surface area (Å²) < 4.78 is 0.